The van der Waals surface area contributed by atoms with Crippen LogP contribution in [0.1, 0.15) is 6.92 Å². The third-order valence-corrected chi connectivity index (χ3v) is 7.32. The number of amides is 1. The van der Waals surface area contributed by atoms with Crippen molar-refractivity contribution in [2.45, 2.75) is 19.1 Å². The van der Waals surface area contributed by atoms with E-state index in [0.29, 0.717) is 59.9 Å². The van der Waals surface area contributed by atoms with E-state index < -0.39 is 12.2 Å². The molecule has 0 spiro atoms. The Kier molecular flexibility index (Phi) is 6.94. The fraction of sp³-hybridized carbons (Fsp3) is 0.440. The van der Waals surface area contributed by atoms with Gasteiger partial charge in [-0.05, 0) is 31.2 Å². The van der Waals surface area contributed by atoms with E-state index in [-0.39, 0.29) is 5.91 Å². The van der Waals surface area contributed by atoms with Crippen LogP contribution in [0.25, 0.3) is 10.2 Å². The Labute approximate surface area is 208 Å². The number of hydrogen-bond acceptors (Lipinski definition) is 9. The van der Waals surface area contributed by atoms with Gasteiger partial charge < -0.3 is 23.7 Å². The molecule has 2 unspecified atom stereocenters. The summed E-state index contributed by atoms with van der Waals surface area (Å²) in [6, 6.07) is 11.1. The molecule has 2 aliphatic heterocycles. The number of morpholine rings is 1. The quantitative estimate of drug-likeness (QED) is 0.490. The van der Waals surface area contributed by atoms with Gasteiger partial charge in [0.25, 0.3) is 5.91 Å². The van der Waals surface area contributed by atoms with Gasteiger partial charge in [-0.15, -0.1) is 0 Å². The molecule has 5 rings (SSSR count). The Hall–Kier alpha value is -3.08. The molecule has 2 aliphatic rings. The van der Waals surface area contributed by atoms with E-state index in [4.69, 9.17) is 28.7 Å². The van der Waals surface area contributed by atoms with Gasteiger partial charge in [-0.25, -0.2) is 4.98 Å². The maximum absolute atomic E-state index is 14.0. The van der Waals surface area contributed by atoms with Crippen LogP contribution in [0.2, 0.25) is 0 Å². The summed E-state index contributed by atoms with van der Waals surface area (Å²) in [5.74, 6) is 2.31. The third kappa shape index (κ3) is 4.73. The predicted molar refractivity (Wildman–Crippen MR) is 133 cm³/mol. The average molecular weight is 500 g/mol. The van der Waals surface area contributed by atoms with E-state index in [0.717, 1.165) is 17.8 Å². The number of para-hydroxylation sites is 2. The van der Waals surface area contributed by atoms with E-state index in [1.807, 2.05) is 43.3 Å². The minimum Gasteiger partial charge on any atom is -0.495 e. The minimum atomic E-state index is -0.801. The molecule has 0 N–H and O–H groups in total. The molecule has 186 valence electrons. The van der Waals surface area contributed by atoms with E-state index in [9.17, 15) is 4.79 Å². The van der Waals surface area contributed by atoms with E-state index in [1.54, 1.807) is 19.1 Å². The van der Waals surface area contributed by atoms with Gasteiger partial charge in [-0.1, -0.05) is 23.5 Å². The molecule has 1 amide bonds. The topological polar surface area (TPSA) is 82.6 Å². The number of methoxy groups -OCH3 is 2. The number of hydrogen-bond donors (Lipinski definition) is 0. The standard InChI is InChI=1S/C25H29N3O6S/c1-16-22(34-18-7-5-4-6-17(18)33-16)24(29)28(11-10-27-12-14-32-15-13-27)25-26-21-19(30-2)8-9-20(31-3)23(21)35-25/h4-9,16,22H,10-15H2,1-3H3. The lowest BCUT2D eigenvalue weighted by atomic mass is 10.1. The minimum absolute atomic E-state index is 0.197. The molecule has 2 atom stereocenters. The first-order chi connectivity index (χ1) is 17.1. The highest BCUT2D eigenvalue weighted by atomic mass is 32.1. The summed E-state index contributed by atoms with van der Waals surface area (Å²) in [5, 5.41) is 0.565. The first-order valence-electron chi connectivity index (χ1n) is 11.6. The first-order valence-corrected chi connectivity index (χ1v) is 12.5. The van der Waals surface area contributed by atoms with Crippen LogP contribution in [0, 0.1) is 0 Å². The van der Waals surface area contributed by atoms with Crippen molar-refractivity contribution in [2.24, 2.45) is 0 Å². The number of thiazole rings is 1. The lowest BCUT2D eigenvalue weighted by molar-refractivity contribution is -0.130. The van der Waals surface area contributed by atoms with Crippen LogP contribution in [-0.2, 0) is 9.53 Å². The lowest BCUT2D eigenvalue weighted by Gasteiger charge is -2.34. The van der Waals surface area contributed by atoms with Crippen LogP contribution in [0.4, 0.5) is 5.13 Å². The van der Waals surface area contributed by atoms with Gasteiger partial charge in [-0.2, -0.15) is 0 Å². The van der Waals surface area contributed by atoms with Crippen molar-refractivity contribution in [3.05, 3.63) is 36.4 Å². The second-order valence-corrected chi connectivity index (χ2v) is 9.37. The van der Waals surface area contributed by atoms with Crippen molar-refractivity contribution < 1.29 is 28.5 Å². The first kappa shape index (κ1) is 23.7. The highest BCUT2D eigenvalue weighted by Crippen LogP contribution is 2.41. The van der Waals surface area contributed by atoms with E-state index in [2.05, 4.69) is 4.90 Å². The van der Waals surface area contributed by atoms with Crippen LogP contribution < -0.4 is 23.8 Å². The van der Waals surface area contributed by atoms with Crippen molar-refractivity contribution in [1.82, 2.24) is 9.88 Å². The maximum atomic E-state index is 14.0. The molecule has 1 saturated heterocycles. The molecular formula is C25H29N3O6S. The largest absolute Gasteiger partial charge is 0.495 e. The zero-order valence-corrected chi connectivity index (χ0v) is 20.9. The van der Waals surface area contributed by atoms with Crippen molar-refractivity contribution in [3.63, 3.8) is 0 Å². The van der Waals surface area contributed by atoms with E-state index >= 15 is 0 Å². The van der Waals surface area contributed by atoms with Gasteiger partial charge in [0.2, 0.25) is 6.10 Å². The summed E-state index contributed by atoms with van der Waals surface area (Å²) in [6.45, 7) is 6.04. The summed E-state index contributed by atoms with van der Waals surface area (Å²) in [5.41, 5.74) is 0.662. The van der Waals surface area contributed by atoms with Crippen LogP contribution in [0.5, 0.6) is 23.0 Å². The number of anilines is 1. The Bertz CT molecular complexity index is 1150. The summed E-state index contributed by atoms with van der Waals surface area (Å²) in [7, 11) is 3.22. The monoisotopic (exact) mass is 499 g/mol. The molecule has 10 heteroatoms. The normalized spacial score (nSPS) is 20.0. The van der Waals surface area contributed by atoms with Gasteiger partial charge >= 0.3 is 0 Å². The second kappa shape index (κ2) is 10.3. The maximum Gasteiger partial charge on any atom is 0.273 e. The summed E-state index contributed by atoms with van der Waals surface area (Å²) >= 11 is 1.40. The van der Waals surface area contributed by atoms with Crippen LogP contribution in [0.15, 0.2) is 36.4 Å². The van der Waals surface area contributed by atoms with Crippen molar-refractivity contribution >= 4 is 32.6 Å². The molecule has 9 nitrogen and oxygen atoms in total. The molecule has 3 heterocycles. The molecule has 35 heavy (non-hydrogen) atoms. The van der Waals surface area contributed by atoms with Gasteiger partial charge in [0.05, 0.1) is 27.4 Å². The molecule has 1 fully saturated rings. The SMILES string of the molecule is COc1ccc(OC)c2sc(N(CCN3CCOCC3)C(=O)C3Oc4ccccc4OC3C)nc12. The number of carbonyl (C=O) groups excluding carboxylic acids is 1. The Balaban J connectivity index is 1.49. The highest BCUT2D eigenvalue weighted by Gasteiger charge is 2.38. The number of carbonyl (C=O) groups is 1. The Morgan fingerprint density at radius 3 is 2.49 bits per heavy atom. The molecule has 2 aromatic carbocycles. The fourth-order valence-electron chi connectivity index (χ4n) is 4.30. The highest BCUT2D eigenvalue weighted by molar-refractivity contribution is 7.22. The van der Waals surface area contributed by atoms with Gasteiger partial charge in [0.15, 0.2) is 16.6 Å². The number of aromatic nitrogens is 1. The molecule has 0 aliphatic carbocycles. The number of nitrogens with zero attached hydrogens (tertiary/aromatic N) is 3. The van der Waals surface area contributed by atoms with Crippen molar-refractivity contribution in [2.75, 3.05) is 58.5 Å². The third-order valence-electron chi connectivity index (χ3n) is 6.23. The van der Waals surface area contributed by atoms with Crippen LogP contribution in [0.3, 0.4) is 0 Å². The number of fused-ring (bicyclic) bond motifs is 2. The zero-order valence-electron chi connectivity index (χ0n) is 20.1. The Morgan fingerprint density at radius 1 is 1.09 bits per heavy atom. The fourth-order valence-corrected chi connectivity index (χ4v) is 5.41. The lowest BCUT2D eigenvalue weighted by Crippen LogP contribution is -2.52. The summed E-state index contributed by atoms with van der Waals surface area (Å²) in [6.07, 6.45) is -1.26. The molecule has 1 aromatic heterocycles. The molecular weight excluding hydrogens is 470 g/mol. The number of ether oxygens (including phenoxy) is 5. The van der Waals surface area contributed by atoms with Crippen LogP contribution >= 0.6 is 11.3 Å². The Morgan fingerprint density at radius 2 is 1.77 bits per heavy atom. The number of rotatable bonds is 7. The molecule has 0 radical (unpaired) electrons. The predicted octanol–water partition coefficient (Wildman–Crippen LogP) is 3.21. The van der Waals surface area contributed by atoms with Gasteiger partial charge in [0, 0.05) is 26.2 Å². The number of benzene rings is 2. The molecule has 0 saturated carbocycles. The molecule has 3 aromatic rings. The average Bonchev–Trinajstić information content (AvgIpc) is 3.33. The summed E-state index contributed by atoms with van der Waals surface area (Å²) < 4.78 is 29.5. The smallest absolute Gasteiger partial charge is 0.273 e. The van der Waals surface area contributed by atoms with Crippen molar-refractivity contribution in [3.8, 4) is 23.0 Å². The van der Waals surface area contributed by atoms with Crippen LogP contribution in [-0.4, -0.2) is 81.6 Å². The van der Waals surface area contributed by atoms with Gasteiger partial charge in [-0.3, -0.25) is 14.6 Å². The molecule has 0 bridgehead atoms. The van der Waals surface area contributed by atoms with E-state index in [1.165, 1.54) is 11.3 Å². The van der Waals surface area contributed by atoms with Crippen molar-refractivity contribution in [1.29, 1.82) is 0 Å². The summed E-state index contributed by atoms with van der Waals surface area (Å²) in [4.78, 5) is 22.8. The zero-order chi connectivity index (χ0) is 24.4. The van der Waals surface area contributed by atoms with Gasteiger partial charge in [0.1, 0.15) is 27.8 Å². The second-order valence-electron chi connectivity index (χ2n) is 8.40.